The van der Waals surface area contributed by atoms with Crippen LogP contribution in [0.3, 0.4) is 0 Å². The summed E-state index contributed by atoms with van der Waals surface area (Å²) in [6, 6.07) is 20.3. The summed E-state index contributed by atoms with van der Waals surface area (Å²) in [6.45, 7) is 16.3. The number of hydrogen-bond donors (Lipinski definition) is 0. The van der Waals surface area contributed by atoms with Crippen LogP contribution in [0.15, 0.2) is 133 Å². The topological polar surface area (TPSA) is 12.9 Å². The molecule has 48 heavy (non-hydrogen) atoms. The van der Waals surface area contributed by atoms with E-state index < -0.39 is 0 Å². The minimum absolute atomic E-state index is 0.839. The molecule has 0 unspecified atom stereocenters. The maximum absolute atomic E-state index is 4.18. The number of benzene rings is 3. The van der Waals surface area contributed by atoms with Gasteiger partial charge in [0.1, 0.15) is 0 Å². The average Bonchev–Trinajstić information content (AvgIpc) is 3.17. The molecule has 2 aliphatic carbocycles. The van der Waals surface area contributed by atoms with Crippen molar-refractivity contribution in [3.63, 3.8) is 0 Å². The normalized spacial score (nSPS) is 14.1. The first kappa shape index (κ1) is 36.1. The third-order valence-corrected chi connectivity index (χ3v) is 8.87. The van der Waals surface area contributed by atoms with Crippen LogP contribution in [0.4, 0.5) is 0 Å². The molecule has 0 aliphatic heterocycles. The third kappa shape index (κ3) is 8.39. The molecule has 1 nitrogen and oxygen atoms in total. The van der Waals surface area contributed by atoms with Gasteiger partial charge in [0, 0.05) is 12.4 Å². The fourth-order valence-corrected chi connectivity index (χ4v) is 6.68. The lowest BCUT2D eigenvalue weighted by atomic mass is 9.80. The maximum Gasteiger partial charge on any atom is 0.0270 e. The van der Waals surface area contributed by atoms with Crippen LogP contribution in [-0.4, -0.2) is 4.98 Å². The second-order valence-corrected chi connectivity index (χ2v) is 11.6. The number of rotatable bonds is 9. The van der Waals surface area contributed by atoms with Gasteiger partial charge in [-0.3, -0.25) is 4.98 Å². The predicted molar refractivity (Wildman–Crippen MR) is 214 cm³/mol. The second-order valence-electron chi connectivity index (χ2n) is 11.6. The molecule has 1 heterocycles. The highest BCUT2D eigenvalue weighted by atomic mass is 14.6. The zero-order chi connectivity index (χ0) is 34.3. The standard InChI is InChI=1S/C43H41N.2C2H6/c1-4-12-33(13-5-2)36(21-20-31-24-26-44-27-25-31)28-32(6-3)34-14-11-15-35(29-34)37-22-23-42-40-18-8-7-16-38(40)39-17-9-10-19-41(39)43(42)30-37;2*1-2/h4-5,8,10-15,18-19,21-30H,1,6-7,9,16-17,20H2,2-3H3;2*1-2H3/b13-5-,32-28+,33-12+,36-21+;;. The van der Waals surface area contributed by atoms with Crippen molar-refractivity contribution in [3.05, 3.63) is 167 Å². The van der Waals surface area contributed by atoms with Gasteiger partial charge in [0.15, 0.2) is 0 Å². The highest BCUT2D eigenvalue weighted by Crippen LogP contribution is 2.40. The van der Waals surface area contributed by atoms with Crippen molar-refractivity contribution >= 4 is 28.5 Å². The van der Waals surface area contributed by atoms with E-state index in [0.717, 1.165) is 44.1 Å². The molecular weight excluding hydrogens is 579 g/mol. The van der Waals surface area contributed by atoms with E-state index in [-0.39, 0.29) is 0 Å². The fourth-order valence-electron chi connectivity index (χ4n) is 6.68. The molecule has 0 bridgehead atoms. The highest BCUT2D eigenvalue weighted by Gasteiger charge is 2.20. The van der Waals surface area contributed by atoms with E-state index in [1.54, 1.807) is 11.1 Å². The Hall–Kier alpha value is -4.75. The van der Waals surface area contributed by atoms with Crippen molar-refractivity contribution in [2.75, 3.05) is 0 Å². The Kier molecular flexibility index (Phi) is 13.9. The van der Waals surface area contributed by atoms with E-state index in [9.17, 15) is 0 Å². The maximum atomic E-state index is 4.18. The molecular formula is C47H53N. The number of pyridine rings is 1. The molecule has 3 aromatic carbocycles. The first-order valence-corrected chi connectivity index (χ1v) is 18.0. The van der Waals surface area contributed by atoms with E-state index in [1.807, 2.05) is 46.2 Å². The SMILES string of the molecule is C=C/C=C(\C=C/C)C(=C/Cc1ccncc1)/C=C(\CC)c1cccc(-c2ccc3c4c(c5c(c3c2)C=CCC5)CCC=C4)c1.CC.CC. The van der Waals surface area contributed by atoms with Crippen LogP contribution in [-0.2, 0) is 19.3 Å². The van der Waals surface area contributed by atoms with Gasteiger partial charge < -0.3 is 0 Å². The first-order valence-electron chi connectivity index (χ1n) is 18.0. The minimum atomic E-state index is 0.839. The van der Waals surface area contributed by atoms with Crippen molar-refractivity contribution in [1.29, 1.82) is 0 Å². The molecule has 4 aromatic rings. The molecule has 0 amide bonds. The summed E-state index contributed by atoms with van der Waals surface area (Å²) in [6.07, 6.45) is 32.4. The number of aromatic nitrogens is 1. The second kappa shape index (κ2) is 18.6. The molecule has 6 rings (SSSR count). The van der Waals surface area contributed by atoms with E-state index in [1.165, 1.54) is 55.3 Å². The lowest BCUT2D eigenvalue weighted by Crippen LogP contribution is -2.07. The molecule has 0 N–H and O–H groups in total. The Morgan fingerprint density at radius 2 is 1.46 bits per heavy atom. The lowest BCUT2D eigenvalue weighted by molar-refractivity contribution is 0.911. The summed E-state index contributed by atoms with van der Waals surface area (Å²) in [5.41, 5.74) is 14.7. The Morgan fingerprint density at radius 3 is 2.10 bits per heavy atom. The summed E-state index contributed by atoms with van der Waals surface area (Å²) in [5.74, 6) is 0. The van der Waals surface area contributed by atoms with E-state index in [0.29, 0.717) is 0 Å². The molecule has 1 aromatic heterocycles. The summed E-state index contributed by atoms with van der Waals surface area (Å²) < 4.78 is 0. The van der Waals surface area contributed by atoms with E-state index in [4.69, 9.17) is 0 Å². The monoisotopic (exact) mass is 631 g/mol. The van der Waals surface area contributed by atoms with Crippen LogP contribution in [0.25, 0.3) is 39.6 Å². The van der Waals surface area contributed by atoms with Gasteiger partial charge in [-0.1, -0.05) is 132 Å². The van der Waals surface area contributed by atoms with Crippen LogP contribution in [0.5, 0.6) is 0 Å². The van der Waals surface area contributed by atoms with Gasteiger partial charge in [-0.25, -0.2) is 0 Å². The molecule has 1 heteroatoms. The third-order valence-electron chi connectivity index (χ3n) is 8.87. The Morgan fingerprint density at radius 1 is 0.792 bits per heavy atom. The number of nitrogens with zero attached hydrogens (tertiary/aromatic N) is 1. The molecule has 0 saturated carbocycles. The predicted octanol–water partition coefficient (Wildman–Crippen LogP) is 13.5. The van der Waals surface area contributed by atoms with Gasteiger partial charge in [0.2, 0.25) is 0 Å². The van der Waals surface area contributed by atoms with Gasteiger partial charge >= 0.3 is 0 Å². The van der Waals surface area contributed by atoms with Crippen LogP contribution in [0.2, 0.25) is 0 Å². The van der Waals surface area contributed by atoms with Crippen LogP contribution in [0, 0.1) is 0 Å². The zero-order valence-corrected chi connectivity index (χ0v) is 30.0. The number of fused-ring (bicyclic) bond motifs is 6. The molecule has 0 spiro atoms. The first-order chi connectivity index (χ1) is 23.7. The lowest BCUT2D eigenvalue weighted by Gasteiger charge is -2.24. The van der Waals surface area contributed by atoms with Crippen molar-refractivity contribution in [2.24, 2.45) is 0 Å². The van der Waals surface area contributed by atoms with Crippen molar-refractivity contribution < 1.29 is 0 Å². The number of hydrogen-bond acceptors (Lipinski definition) is 1. The highest BCUT2D eigenvalue weighted by molar-refractivity contribution is 6.01. The van der Waals surface area contributed by atoms with Gasteiger partial charge in [-0.2, -0.15) is 0 Å². The molecule has 0 saturated heterocycles. The van der Waals surface area contributed by atoms with E-state index in [2.05, 4.69) is 135 Å². The number of allylic oxidation sites excluding steroid dienone is 11. The molecule has 0 atom stereocenters. The van der Waals surface area contributed by atoms with Gasteiger partial charge in [0.05, 0.1) is 0 Å². The minimum Gasteiger partial charge on any atom is -0.265 e. The summed E-state index contributed by atoms with van der Waals surface area (Å²) in [5, 5.41) is 2.76. The Bertz CT molecular complexity index is 1870. The van der Waals surface area contributed by atoms with Gasteiger partial charge in [0.25, 0.3) is 0 Å². The van der Waals surface area contributed by atoms with Crippen LogP contribution >= 0.6 is 0 Å². The molecule has 0 radical (unpaired) electrons. The molecule has 2 aliphatic rings. The van der Waals surface area contributed by atoms with E-state index >= 15 is 0 Å². The molecule has 0 fully saturated rings. The largest absolute Gasteiger partial charge is 0.265 e. The van der Waals surface area contributed by atoms with Gasteiger partial charge in [-0.05, 0) is 142 Å². The van der Waals surface area contributed by atoms with Crippen LogP contribution < -0.4 is 0 Å². The van der Waals surface area contributed by atoms with Gasteiger partial charge in [-0.15, -0.1) is 0 Å². The van der Waals surface area contributed by atoms with Crippen LogP contribution in [0.1, 0.15) is 94.2 Å². The van der Waals surface area contributed by atoms with Crippen molar-refractivity contribution in [1.82, 2.24) is 4.98 Å². The summed E-state index contributed by atoms with van der Waals surface area (Å²) in [7, 11) is 0. The summed E-state index contributed by atoms with van der Waals surface area (Å²) in [4.78, 5) is 4.18. The average molecular weight is 632 g/mol. The van der Waals surface area contributed by atoms with Crippen molar-refractivity contribution in [3.8, 4) is 11.1 Å². The van der Waals surface area contributed by atoms with Crippen molar-refractivity contribution in [2.45, 2.75) is 80.1 Å². The Balaban J connectivity index is 0.00000125. The smallest absolute Gasteiger partial charge is 0.0270 e. The summed E-state index contributed by atoms with van der Waals surface area (Å²) >= 11 is 0. The quantitative estimate of drug-likeness (QED) is 0.168. The zero-order valence-electron chi connectivity index (χ0n) is 30.0. The fraction of sp³-hybridized carbons (Fsp3) is 0.255. The Labute approximate surface area is 290 Å². The molecule has 246 valence electrons.